The maximum absolute atomic E-state index is 9.68. The molecule has 0 aliphatic rings. The quantitative estimate of drug-likeness (QED) is 0.161. The zero-order chi connectivity index (χ0) is 53.2. The molecule has 10 aromatic carbocycles. The molecular weight excluding hydrogens is 703 g/mol. The van der Waals surface area contributed by atoms with E-state index >= 15 is 0 Å². The highest BCUT2D eigenvalue weighted by Gasteiger charge is 2.18. The van der Waals surface area contributed by atoms with Crippen LogP contribution >= 0.6 is 0 Å². The van der Waals surface area contributed by atoms with Gasteiger partial charge in [-0.25, -0.2) is 0 Å². The predicted molar refractivity (Wildman–Crippen MR) is 245 cm³/mol. The van der Waals surface area contributed by atoms with Crippen LogP contribution in [0.5, 0.6) is 0 Å². The molecule has 1 aromatic heterocycles. The first-order valence-corrected chi connectivity index (χ1v) is 18.4. The first-order valence-electron chi connectivity index (χ1n) is 26.9. The van der Waals surface area contributed by atoms with E-state index in [1.54, 1.807) is 30.3 Å². The van der Waals surface area contributed by atoms with E-state index in [0.29, 0.717) is 27.9 Å². The molecule has 272 valence electrons. The molecule has 0 amide bonds. The summed E-state index contributed by atoms with van der Waals surface area (Å²) in [5.41, 5.74) is -0.552. The third kappa shape index (κ3) is 6.00. The molecule has 0 bridgehead atoms. The molecule has 0 N–H and O–H groups in total. The fourth-order valence-corrected chi connectivity index (χ4v) is 7.36. The molecule has 11 aromatic rings. The molecule has 0 aliphatic carbocycles. The van der Waals surface area contributed by atoms with Crippen molar-refractivity contribution >= 4 is 60.5 Å². The number of rotatable bonds is 7. The summed E-state index contributed by atoms with van der Waals surface area (Å²) in [6.07, 6.45) is 0. The first-order chi connectivity index (χ1) is 35.8. The highest BCUT2D eigenvalue weighted by molar-refractivity contribution is 6.19. The Bertz CT molecular complexity index is 4190. The normalized spacial score (nSPS) is 15.6. The summed E-state index contributed by atoms with van der Waals surface area (Å²) in [6, 6.07) is 24.0. The molecule has 0 unspecified atom stereocenters. The van der Waals surface area contributed by atoms with Crippen molar-refractivity contribution in [2.45, 2.75) is 0 Å². The average molecular weight is 757 g/mol. The molecule has 58 heavy (non-hydrogen) atoms. The number of furan rings is 1. The van der Waals surface area contributed by atoms with Crippen molar-refractivity contribution < 1.29 is 27.7 Å². The minimum atomic E-state index is -0.881. The van der Waals surface area contributed by atoms with Gasteiger partial charge in [-0.3, -0.25) is 0 Å². The summed E-state index contributed by atoms with van der Waals surface area (Å²) in [7, 11) is 0. The van der Waals surface area contributed by atoms with Crippen LogP contribution in [0.15, 0.2) is 228 Å². The van der Waals surface area contributed by atoms with Crippen molar-refractivity contribution in [2.75, 3.05) is 4.90 Å². The lowest BCUT2D eigenvalue weighted by molar-refractivity contribution is 0.673. The largest absolute Gasteiger partial charge is 0.455 e. The number of hydrogen-bond donors (Lipinski definition) is 0. The van der Waals surface area contributed by atoms with E-state index in [1.807, 2.05) is 91.0 Å². The van der Waals surface area contributed by atoms with Crippen LogP contribution in [-0.4, -0.2) is 0 Å². The first kappa shape index (κ1) is 20.5. The van der Waals surface area contributed by atoms with E-state index in [2.05, 4.69) is 0 Å². The van der Waals surface area contributed by atoms with E-state index in [0.717, 1.165) is 37.2 Å². The lowest BCUT2D eigenvalue weighted by Gasteiger charge is -2.26. The Hall–Kier alpha value is -7.68. The van der Waals surface area contributed by atoms with E-state index in [-0.39, 0.29) is 11.3 Å². The predicted octanol–water partition coefficient (Wildman–Crippen LogP) is 16.0. The summed E-state index contributed by atoms with van der Waals surface area (Å²) in [5, 5.41) is 5.13. The zero-order valence-electron chi connectivity index (χ0n) is 47.4. The molecule has 2 nitrogen and oxygen atoms in total. The number of hydrogen-bond acceptors (Lipinski definition) is 2. The van der Waals surface area contributed by atoms with E-state index in [9.17, 15) is 11.0 Å². The van der Waals surface area contributed by atoms with Gasteiger partial charge in [0.2, 0.25) is 0 Å². The molecule has 0 spiro atoms. The third-order valence-corrected chi connectivity index (χ3v) is 10.1. The molecular formula is C56H37NO. The van der Waals surface area contributed by atoms with Crippen LogP contribution in [0.1, 0.15) is 23.3 Å². The molecule has 0 aliphatic heterocycles. The van der Waals surface area contributed by atoms with Gasteiger partial charge in [0.25, 0.3) is 0 Å². The summed E-state index contributed by atoms with van der Waals surface area (Å²) in [4.78, 5) is 1.14. The molecule has 1 heterocycles. The van der Waals surface area contributed by atoms with Crippen molar-refractivity contribution in [2.24, 2.45) is 0 Å². The SMILES string of the molecule is [2H]c1c([2H])c([2H])c(-c2c([2H])c([2H])c(-c3c([2H])c([2H])c(N(c4cccc(-c5cccc6oc7c8ccccc8ccc7c56)c4)c4c([2H])c([2H])c(-c5ccc6ccccc6c5)c([2H])c4[2H])c([2H])c3[2H])c([2H])c2[2H])c([2H])c1[2H]. The van der Waals surface area contributed by atoms with E-state index < -0.39 is 136 Å². The second-order valence-corrected chi connectivity index (χ2v) is 13.6. The van der Waals surface area contributed by atoms with Crippen molar-refractivity contribution in [1.29, 1.82) is 0 Å². The molecule has 0 atom stereocenters. The second-order valence-electron chi connectivity index (χ2n) is 13.6. The molecule has 0 radical (unpaired) electrons. The number of fused-ring (bicyclic) bond motifs is 6. The Labute approximate surface area is 361 Å². The van der Waals surface area contributed by atoms with Crippen molar-refractivity contribution in [3.8, 4) is 44.5 Å². The van der Waals surface area contributed by atoms with E-state index in [4.69, 9.17) is 16.8 Å². The third-order valence-electron chi connectivity index (χ3n) is 10.1. The van der Waals surface area contributed by atoms with Crippen LogP contribution in [0.4, 0.5) is 17.1 Å². The second kappa shape index (κ2) is 14.1. The Kier molecular flexibility index (Phi) is 4.98. The van der Waals surface area contributed by atoms with Gasteiger partial charge in [-0.2, -0.15) is 0 Å². The fraction of sp³-hybridized carbons (Fsp3) is 0. The van der Waals surface area contributed by atoms with Gasteiger partial charge in [-0.15, -0.1) is 0 Å². The van der Waals surface area contributed by atoms with Crippen molar-refractivity contribution in [1.82, 2.24) is 0 Å². The fourth-order valence-electron chi connectivity index (χ4n) is 7.36. The van der Waals surface area contributed by atoms with Gasteiger partial charge in [0.1, 0.15) is 11.2 Å². The maximum atomic E-state index is 9.68. The van der Waals surface area contributed by atoms with Gasteiger partial charge in [-0.1, -0.05) is 170 Å². The maximum Gasteiger partial charge on any atom is 0.143 e. The average Bonchev–Trinajstić information content (AvgIpc) is 3.87. The highest BCUT2D eigenvalue weighted by Crippen LogP contribution is 2.43. The van der Waals surface area contributed by atoms with Gasteiger partial charge in [0.15, 0.2) is 0 Å². The Balaban J connectivity index is 1.16. The zero-order valence-corrected chi connectivity index (χ0v) is 30.4. The van der Waals surface area contributed by atoms with Crippen molar-refractivity contribution in [3.05, 3.63) is 224 Å². The molecule has 0 fully saturated rings. The Morgan fingerprint density at radius 2 is 0.948 bits per heavy atom. The molecule has 11 rings (SSSR count). The smallest absolute Gasteiger partial charge is 0.143 e. The number of anilines is 3. The van der Waals surface area contributed by atoms with Gasteiger partial charge in [-0.05, 0) is 115 Å². The van der Waals surface area contributed by atoms with Gasteiger partial charge in [0, 0.05) is 33.2 Å². The number of benzene rings is 10. The summed E-state index contributed by atoms with van der Waals surface area (Å²) >= 11 is 0. The van der Waals surface area contributed by atoms with Crippen LogP contribution in [0.3, 0.4) is 0 Å². The van der Waals surface area contributed by atoms with Gasteiger partial charge in [0.05, 0.1) is 23.3 Å². The monoisotopic (exact) mass is 756 g/mol. The van der Waals surface area contributed by atoms with Crippen molar-refractivity contribution in [3.63, 3.8) is 0 Å². The molecule has 2 heteroatoms. The molecule has 0 saturated carbocycles. The standard InChI is InChI=1S/C56H37NO/c1-2-10-38(11-3-1)40-20-22-41(23-21-40)42-26-31-48(32-27-42)57(49-33-28-43(29-34-49)46-25-24-39-12-4-5-14-45(39)36-46)50-16-8-15-47(37-50)51-18-9-19-54-55(51)53-35-30-44-13-6-7-17-52(44)56(53)58-54/h1-37H/i1D,2D,3D,10D,11D,20D,21D,22D,23D,26D,27D,28D,29D,31D,32D,33D,34D. The minimum Gasteiger partial charge on any atom is -0.455 e. The highest BCUT2D eigenvalue weighted by atomic mass is 16.3. The van der Waals surface area contributed by atoms with Crippen LogP contribution in [0.25, 0.3) is 88.0 Å². The van der Waals surface area contributed by atoms with Crippen LogP contribution < -0.4 is 4.90 Å². The lowest BCUT2D eigenvalue weighted by Crippen LogP contribution is -2.10. The lowest BCUT2D eigenvalue weighted by atomic mass is 9.97. The van der Waals surface area contributed by atoms with Crippen LogP contribution in [0, 0.1) is 0 Å². The molecule has 0 saturated heterocycles. The van der Waals surface area contributed by atoms with Gasteiger partial charge >= 0.3 is 0 Å². The Morgan fingerprint density at radius 1 is 0.362 bits per heavy atom. The van der Waals surface area contributed by atoms with Gasteiger partial charge < -0.3 is 9.32 Å². The number of nitrogens with zero attached hydrogens (tertiary/aromatic N) is 1. The summed E-state index contributed by atoms with van der Waals surface area (Å²) in [6.45, 7) is 0. The van der Waals surface area contributed by atoms with E-state index in [1.165, 1.54) is 0 Å². The summed E-state index contributed by atoms with van der Waals surface area (Å²) in [5.74, 6) is 0. The Morgan fingerprint density at radius 3 is 1.67 bits per heavy atom. The van der Waals surface area contributed by atoms with Crippen LogP contribution in [0.2, 0.25) is 0 Å². The summed E-state index contributed by atoms with van der Waals surface area (Å²) < 4.78 is 161. The topological polar surface area (TPSA) is 16.4 Å². The minimum absolute atomic E-state index is 0.0236. The van der Waals surface area contributed by atoms with Crippen LogP contribution in [-0.2, 0) is 0 Å².